The lowest BCUT2D eigenvalue weighted by Gasteiger charge is -2.22. The first-order valence-corrected chi connectivity index (χ1v) is 11.5. The second-order valence-electron chi connectivity index (χ2n) is 7.49. The van der Waals surface area contributed by atoms with Crippen LogP contribution in [0.25, 0.3) is 16.0 Å². The van der Waals surface area contributed by atoms with Crippen molar-refractivity contribution in [3.05, 3.63) is 97.8 Å². The van der Waals surface area contributed by atoms with Crippen molar-refractivity contribution < 1.29 is 19.6 Å². The minimum atomic E-state index is -1.05. The lowest BCUT2D eigenvalue weighted by molar-refractivity contribution is -0.384. The molecule has 4 aromatic rings. The summed E-state index contributed by atoms with van der Waals surface area (Å²) in [6, 6.07) is 10.7. The molecule has 12 heteroatoms. The van der Waals surface area contributed by atoms with E-state index in [0.29, 0.717) is 15.8 Å². The van der Waals surface area contributed by atoms with Crippen molar-refractivity contribution in [2.75, 3.05) is 4.90 Å². The van der Waals surface area contributed by atoms with Gasteiger partial charge in [-0.3, -0.25) is 29.6 Å². The van der Waals surface area contributed by atoms with Crippen molar-refractivity contribution in [3.63, 3.8) is 0 Å². The minimum Gasteiger partial charge on any atom is -0.507 e. The second-order valence-corrected chi connectivity index (χ2v) is 9.31. The molecule has 3 heterocycles. The van der Waals surface area contributed by atoms with Crippen LogP contribution in [0.15, 0.2) is 66.5 Å². The Bertz CT molecular complexity index is 1570. The molecule has 2 aromatic heterocycles. The minimum absolute atomic E-state index is 0.127. The standard InChI is InChI=1S/C23H12Cl2N4O5S/c24-14-5-3-11(8-15(14)25)20(30)18-19(12-2-1-7-26-10-12)28(22(32)21(18)31)23-27-16-6-4-13(29(33)34)9-17(16)35-23/h1-10,19,30H/b20-18+. The number of aromatic nitrogens is 2. The molecule has 1 amide bonds. The summed E-state index contributed by atoms with van der Waals surface area (Å²) < 4.78 is 0.463. The summed E-state index contributed by atoms with van der Waals surface area (Å²) in [5, 5.41) is 22.8. The highest BCUT2D eigenvalue weighted by atomic mass is 35.5. The van der Waals surface area contributed by atoms with Crippen molar-refractivity contribution in [1.82, 2.24) is 9.97 Å². The molecule has 1 saturated heterocycles. The van der Waals surface area contributed by atoms with Crippen LogP contribution >= 0.6 is 34.5 Å². The third kappa shape index (κ3) is 3.91. The Morgan fingerprint density at radius 3 is 2.60 bits per heavy atom. The summed E-state index contributed by atoms with van der Waals surface area (Å²) in [4.78, 5) is 46.7. The van der Waals surface area contributed by atoms with E-state index in [4.69, 9.17) is 23.2 Å². The van der Waals surface area contributed by atoms with Gasteiger partial charge in [-0.15, -0.1) is 0 Å². The van der Waals surface area contributed by atoms with E-state index in [0.717, 1.165) is 11.3 Å². The van der Waals surface area contributed by atoms with E-state index in [9.17, 15) is 24.8 Å². The van der Waals surface area contributed by atoms with Gasteiger partial charge < -0.3 is 5.11 Å². The Morgan fingerprint density at radius 1 is 1.11 bits per heavy atom. The molecule has 1 fully saturated rings. The number of rotatable bonds is 4. The topological polar surface area (TPSA) is 127 Å². The summed E-state index contributed by atoms with van der Waals surface area (Å²) in [6.45, 7) is 0. The molecule has 1 N–H and O–H groups in total. The number of non-ortho nitro benzene ring substituents is 1. The molecule has 0 bridgehead atoms. The SMILES string of the molecule is O=C1C(=O)N(c2nc3ccc([N+](=O)[O-])cc3s2)C(c2cccnc2)/C1=C(\O)c1ccc(Cl)c(Cl)c1. The lowest BCUT2D eigenvalue weighted by Crippen LogP contribution is -2.29. The number of hydrogen-bond acceptors (Lipinski definition) is 8. The number of thiazole rings is 1. The monoisotopic (exact) mass is 526 g/mol. The number of Topliss-reactive ketones (excluding diaryl/α,β-unsaturated/α-hetero) is 1. The van der Waals surface area contributed by atoms with Crippen molar-refractivity contribution in [2.45, 2.75) is 6.04 Å². The quantitative estimate of drug-likeness (QED) is 0.122. The van der Waals surface area contributed by atoms with Crippen LogP contribution in [0.3, 0.4) is 0 Å². The van der Waals surface area contributed by atoms with Crippen LogP contribution < -0.4 is 4.90 Å². The number of hydrogen-bond donors (Lipinski definition) is 1. The van der Waals surface area contributed by atoms with Crippen molar-refractivity contribution in [3.8, 4) is 0 Å². The van der Waals surface area contributed by atoms with Gasteiger partial charge in [-0.25, -0.2) is 4.98 Å². The molecule has 5 rings (SSSR count). The lowest BCUT2D eigenvalue weighted by atomic mass is 9.96. The number of nitrogens with zero attached hydrogens (tertiary/aromatic N) is 4. The van der Waals surface area contributed by atoms with E-state index in [1.165, 1.54) is 53.7 Å². The molecule has 1 atom stereocenters. The zero-order valence-corrected chi connectivity index (χ0v) is 19.7. The van der Waals surface area contributed by atoms with E-state index in [1.54, 1.807) is 12.1 Å². The van der Waals surface area contributed by atoms with Gasteiger partial charge in [0.25, 0.3) is 11.5 Å². The van der Waals surface area contributed by atoms with E-state index >= 15 is 0 Å². The fourth-order valence-corrected chi connectivity index (χ4v) is 5.12. The number of aliphatic hydroxyl groups is 1. The number of ketones is 1. The molecule has 1 aliphatic rings. The number of amides is 1. The fraction of sp³-hybridized carbons (Fsp3) is 0.0435. The molecule has 2 aromatic carbocycles. The molecule has 0 spiro atoms. The third-order valence-electron chi connectivity index (χ3n) is 5.42. The van der Waals surface area contributed by atoms with Crippen LogP contribution in [0.5, 0.6) is 0 Å². The number of fused-ring (bicyclic) bond motifs is 1. The van der Waals surface area contributed by atoms with Crippen LogP contribution in [-0.4, -0.2) is 31.7 Å². The highest BCUT2D eigenvalue weighted by Crippen LogP contribution is 2.44. The fourth-order valence-electron chi connectivity index (χ4n) is 3.80. The zero-order chi connectivity index (χ0) is 24.9. The largest absolute Gasteiger partial charge is 0.507 e. The summed E-state index contributed by atoms with van der Waals surface area (Å²) in [7, 11) is 0. The maximum atomic E-state index is 13.2. The van der Waals surface area contributed by atoms with Crippen LogP contribution in [-0.2, 0) is 9.59 Å². The van der Waals surface area contributed by atoms with E-state index < -0.39 is 28.4 Å². The predicted molar refractivity (Wildman–Crippen MR) is 132 cm³/mol. The first kappa shape index (κ1) is 22.9. The van der Waals surface area contributed by atoms with Crippen LogP contribution in [0.1, 0.15) is 17.2 Å². The molecule has 174 valence electrons. The van der Waals surface area contributed by atoms with Gasteiger partial charge in [0.1, 0.15) is 5.76 Å². The van der Waals surface area contributed by atoms with Gasteiger partial charge in [-0.1, -0.05) is 40.6 Å². The van der Waals surface area contributed by atoms with Gasteiger partial charge in [0.05, 0.1) is 36.8 Å². The molecule has 0 radical (unpaired) electrons. The molecular formula is C23H12Cl2N4O5S. The highest BCUT2D eigenvalue weighted by Gasteiger charge is 2.48. The van der Waals surface area contributed by atoms with Crippen molar-refractivity contribution in [1.29, 1.82) is 0 Å². The van der Waals surface area contributed by atoms with Gasteiger partial charge in [-0.2, -0.15) is 0 Å². The van der Waals surface area contributed by atoms with Crippen molar-refractivity contribution >= 4 is 73.0 Å². The number of carbonyl (C=O) groups excluding carboxylic acids is 2. The highest BCUT2D eigenvalue weighted by molar-refractivity contribution is 7.22. The zero-order valence-electron chi connectivity index (χ0n) is 17.4. The smallest absolute Gasteiger partial charge is 0.301 e. The number of nitro groups is 1. The predicted octanol–water partition coefficient (Wildman–Crippen LogP) is 5.53. The molecule has 0 saturated carbocycles. The molecule has 35 heavy (non-hydrogen) atoms. The first-order valence-electron chi connectivity index (χ1n) is 9.97. The summed E-state index contributed by atoms with van der Waals surface area (Å²) >= 11 is 13.1. The average Bonchev–Trinajstić information content (AvgIpc) is 3.38. The number of pyridine rings is 1. The number of carbonyl (C=O) groups is 2. The second kappa shape index (κ2) is 8.73. The van der Waals surface area contributed by atoms with Crippen LogP contribution in [0.2, 0.25) is 10.0 Å². The number of anilines is 1. The first-order chi connectivity index (χ1) is 16.8. The molecule has 9 nitrogen and oxygen atoms in total. The molecule has 1 aliphatic heterocycles. The van der Waals surface area contributed by atoms with Crippen LogP contribution in [0, 0.1) is 10.1 Å². The molecule has 1 unspecified atom stereocenters. The van der Waals surface area contributed by atoms with E-state index in [1.807, 2.05) is 0 Å². The number of nitro benzene ring substituents is 1. The van der Waals surface area contributed by atoms with E-state index in [-0.39, 0.29) is 32.0 Å². The number of benzene rings is 2. The van der Waals surface area contributed by atoms with E-state index in [2.05, 4.69) is 9.97 Å². The maximum absolute atomic E-state index is 13.2. The van der Waals surface area contributed by atoms with Gasteiger partial charge in [0, 0.05) is 30.1 Å². The van der Waals surface area contributed by atoms with Crippen molar-refractivity contribution in [2.24, 2.45) is 0 Å². The number of aliphatic hydroxyl groups excluding tert-OH is 1. The van der Waals surface area contributed by atoms with Gasteiger partial charge in [0.2, 0.25) is 0 Å². The summed E-state index contributed by atoms with van der Waals surface area (Å²) in [6.07, 6.45) is 3.01. The third-order valence-corrected chi connectivity index (χ3v) is 7.17. The van der Waals surface area contributed by atoms with Crippen LogP contribution in [0.4, 0.5) is 10.8 Å². The summed E-state index contributed by atoms with van der Waals surface area (Å²) in [5.74, 6) is -2.27. The Hall–Kier alpha value is -3.86. The Morgan fingerprint density at radius 2 is 1.91 bits per heavy atom. The average molecular weight is 527 g/mol. The van der Waals surface area contributed by atoms with Gasteiger partial charge in [-0.05, 0) is 35.9 Å². The Labute approximate surface area is 211 Å². The Kier molecular flexibility index (Phi) is 5.72. The Balaban J connectivity index is 1.71. The maximum Gasteiger partial charge on any atom is 0.301 e. The normalized spacial score (nSPS) is 17.3. The molecule has 0 aliphatic carbocycles. The summed E-state index contributed by atoms with van der Waals surface area (Å²) in [5.41, 5.74) is 0.779. The number of halogens is 2. The van der Waals surface area contributed by atoms with Gasteiger partial charge >= 0.3 is 5.91 Å². The van der Waals surface area contributed by atoms with Gasteiger partial charge in [0.15, 0.2) is 5.13 Å². The molecular weight excluding hydrogens is 515 g/mol.